The molecule has 16 heavy (non-hydrogen) atoms. The van der Waals surface area contributed by atoms with Crippen molar-refractivity contribution in [3.05, 3.63) is 0 Å². The minimum atomic E-state index is 0.453. The molecular weight excluding hydrogens is 196 g/mol. The van der Waals surface area contributed by atoms with Gasteiger partial charge >= 0.3 is 0 Å². The third-order valence-electron chi connectivity index (χ3n) is 3.89. The number of hydrogen-bond donors (Lipinski definition) is 1. The van der Waals surface area contributed by atoms with Crippen LogP contribution in [0.5, 0.6) is 0 Å². The summed E-state index contributed by atoms with van der Waals surface area (Å²) in [4.78, 5) is 2.47. The van der Waals surface area contributed by atoms with Gasteiger partial charge in [0.2, 0.25) is 0 Å². The fraction of sp³-hybridized carbons (Fsp3) is 1.00. The monoisotopic (exact) mass is 228 g/mol. The lowest BCUT2D eigenvalue weighted by Crippen LogP contribution is -2.44. The molecule has 0 amide bonds. The second kappa shape index (κ2) is 8.08. The zero-order valence-corrected chi connectivity index (χ0v) is 12.3. The lowest BCUT2D eigenvalue weighted by Gasteiger charge is -2.37. The van der Waals surface area contributed by atoms with Gasteiger partial charge in [0.15, 0.2) is 0 Å². The molecule has 1 N–H and O–H groups in total. The predicted molar refractivity (Wildman–Crippen MR) is 73.9 cm³/mol. The highest BCUT2D eigenvalue weighted by Gasteiger charge is 2.27. The molecule has 2 nitrogen and oxygen atoms in total. The van der Waals surface area contributed by atoms with Crippen molar-refractivity contribution in [1.82, 2.24) is 10.2 Å². The molecule has 0 aliphatic heterocycles. The first-order valence-corrected chi connectivity index (χ1v) is 6.92. The van der Waals surface area contributed by atoms with Gasteiger partial charge in [-0.3, -0.25) is 0 Å². The first kappa shape index (κ1) is 15.9. The van der Waals surface area contributed by atoms with Gasteiger partial charge in [-0.05, 0) is 52.1 Å². The summed E-state index contributed by atoms with van der Waals surface area (Å²) in [5, 5.41) is 3.60. The van der Waals surface area contributed by atoms with Gasteiger partial charge in [-0.1, -0.05) is 20.8 Å². The molecule has 0 saturated heterocycles. The van der Waals surface area contributed by atoms with Gasteiger partial charge in [-0.2, -0.15) is 0 Å². The van der Waals surface area contributed by atoms with E-state index in [9.17, 15) is 0 Å². The lowest BCUT2D eigenvalue weighted by molar-refractivity contribution is 0.133. The Morgan fingerprint density at radius 1 is 1.12 bits per heavy atom. The summed E-state index contributed by atoms with van der Waals surface area (Å²) in [6, 6.07) is 0.642. The molecule has 0 aliphatic rings. The summed E-state index contributed by atoms with van der Waals surface area (Å²) in [7, 11) is 2.24. The van der Waals surface area contributed by atoms with Crippen LogP contribution in [-0.4, -0.2) is 37.6 Å². The molecule has 0 aromatic rings. The summed E-state index contributed by atoms with van der Waals surface area (Å²) in [5.41, 5.74) is 0.453. The summed E-state index contributed by atoms with van der Waals surface area (Å²) in [6.07, 6.45) is 3.75. The fourth-order valence-electron chi connectivity index (χ4n) is 2.02. The van der Waals surface area contributed by atoms with Gasteiger partial charge in [0.1, 0.15) is 0 Å². The maximum Gasteiger partial charge on any atom is 0.00496 e. The van der Waals surface area contributed by atoms with Crippen LogP contribution in [0.1, 0.15) is 53.9 Å². The second-order valence-corrected chi connectivity index (χ2v) is 5.39. The summed E-state index contributed by atoms with van der Waals surface area (Å²) >= 11 is 0. The highest BCUT2D eigenvalue weighted by molar-refractivity contribution is 4.82. The maximum absolute atomic E-state index is 3.60. The van der Waals surface area contributed by atoms with E-state index in [1.165, 1.54) is 25.8 Å². The first-order valence-electron chi connectivity index (χ1n) is 6.92. The van der Waals surface area contributed by atoms with Gasteiger partial charge in [0, 0.05) is 19.1 Å². The van der Waals surface area contributed by atoms with Gasteiger partial charge < -0.3 is 10.2 Å². The van der Waals surface area contributed by atoms with Crippen LogP contribution in [0.15, 0.2) is 0 Å². The Morgan fingerprint density at radius 3 is 2.06 bits per heavy atom. The minimum Gasteiger partial charge on any atom is -0.316 e. The largest absolute Gasteiger partial charge is 0.316 e. The number of nitrogens with zero attached hydrogens (tertiary/aromatic N) is 1. The van der Waals surface area contributed by atoms with Crippen molar-refractivity contribution in [2.24, 2.45) is 5.41 Å². The van der Waals surface area contributed by atoms with Crippen molar-refractivity contribution in [2.45, 2.75) is 59.9 Å². The van der Waals surface area contributed by atoms with Crippen molar-refractivity contribution in [2.75, 3.05) is 26.7 Å². The molecule has 0 saturated carbocycles. The normalized spacial score (nSPS) is 12.8. The van der Waals surface area contributed by atoms with E-state index in [0.717, 1.165) is 13.1 Å². The molecule has 0 spiro atoms. The second-order valence-electron chi connectivity index (χ2n) is 5.39. The van der Waals surface area contributed by atoms with Gasteiger partial charge in [0.05, 0.1) is 0 Å². The van der Waals surface area contributed by atoms with Crippen molar-refractivity contribution >= 4 is 0 Å². The molecular formula is C14H32N2. The van der Waals surface area contributed by atoms with E-state index in [4.69, 9.17) is 0 Å². The molecule has 0 bridgehead atoms. The molecule has 0 heterocycles. The average molecular weight is 228 g/mol. The third kappa shape index (κ3) is 5.31. The lowest BCUT2D eigenvalue weighted by atomic mass is 9.81. The molecule has 0 aromatic carbocycles. The van der Waals surface area contributed by atoms with E-state index < -0.39 is 0 Å². The summed E-state index contributed by atoms with van der Waals surface area (Å²) in [5.74, 6) is 0. The van der Waals surface area contributed by atoms with Crippen molar-refractivity contribution in [1.29, 1.82) is 0 Å². The van der Waals surface area contributed by atoms with Crippen molar-refractivity contribution < 1.29 is 0 Å². The van der Waals surface area contributed by atoms with Crippen LogP contribution in [0.3, 0.4) is 0 Å². The Kier molecular flexibility index (Phi) is 8.04. The van der Waals surface area contributed by atoms with Gasteiger partial charge in [-0.25, -0.2) is 0 Å². The van der Waals surface area contributed by atoms with E-state index in [-0.39, 0.29) is 0 Å². The maximum atomic E-state index is 3.60. The standard InChI is InChI=1S/C14H32N2/c1-7-10-15-11-14(8-2,9-3)12-16(6)13(4)5/h13,15H,7-12H2,1-6H3. The number of nitrogens with one attached hydrogen (secondary N) is 1. The summed E-state index contributed by atoms with van der Waals surface area (Å²) in [6.45, 7) is 14.9. The van der Waals surface area contributed by atoms with Crippen LogP contribution in [0.2, 0.25) is 0 Å². The first-order chi connectivity index (χ1) is 7.51. The molecule has 0 unspecified atom stereocenters. The number of rotatable bonds is 9. The Labute approximate surface area is 103 Å². The van der Waals surface area contributed by atoms with Crippen LogP contribution >= 0.6 is 0 Å². The fourth-order valence-corrected chi connectivity index (χ4v) is 2.02. The zero-order valence-electron chi connectivity index (χ0n) is 12.3. The third-order valence-corrected chi connectivity index (χ3v) is 3.89. The van der Waals surface area contributed by atoms with Crippen LogP contribution in [0.4, 0.5) is 0 Å². The number of hydrogen-bond acceptors (Lipinski definition) is 2. The summed E-state index contributed by atoms with van der Waals surface area (Å²) < 4.78 is 0. The van der Waals surface area contributed by atoms with Gasteiger partial charge in [0.25, 0.3) is 0 Å². The smallest absolute Gasteiger partial charge is 0.00496 e. The van der Waals surface area contributed by atoms with Gasteiger partial charge in [-0.15, -0.1) is 0 Å². The Morgan fingerprint density at radius 2 is 1.69 bits per heavy atom. The van der Waals surface area contributed by atoms with E-state index >= 15 is 0 Å². The predicted octanol–water partition coefficient (Wildman–Crippen LogP) is 3.13. The SMILES string of the molecule is CCCNCC(CC)(CC)CN(C)C(C)C. The molecule has 98 valence electrons. The molecule has 0 aromatic heterocycles. The minimum absolute atomic E-state index is 0.453. The van der Waals surface area contributed by atoms with E-state index in [1.54, 1.807) is 0 Å². The highest BCUT2D eigenvalue weighted by atomic mass is 15.1. The Balaban J connectivity index is 4.30. The van der Waals surface area contributed by atoms with E-state index in [2.05, 4.69) is 51.9 Å². The van der Waals surface area contributed by atoms with Crippen molar-refractivity contribution in [3.63, 3.8) is 0 Å². The van der Waals surface area contributed by atoms with E-state index in [0.29, 0.717) is 11.5 Å². The molecule has 0 radical (unpaired) electrons. The quantitative estimate of drug-likeness (QED) is 0.610. The van der Waals surface area contributed by atoms with Crippen LogP contribution in [-0.2, 0) is 0 Å². The molecule has 0 atom stereocenters. The molecule has 0 aliphatic carbocycles. The molecule has 2 heteroatoms. The Hall–Kier alpha value is -0.0800. The van der Waals surface area contributed by atoms with Crippen LogP contribution in [0.25, 0.3) is 0 Å². The molecule has 0 rings (SSSR count). The average Bonchev–Trinajstić information content (AvgIpc) is 2.27. The highest BCUT2D eigenvalue weighted by Crippen LogP contribution is 2.27. The van der Waals surface area contributed by atoms with Crippen LogP contribution < -0.4 is 5.32 Å². The molecule has 0 fully saturated rings. The van der Waals surface area contributed by atoms with Crippen LogP contribution in [0, 0.1) is 5.41 Å². The van der Waals surface area contributed by atoms with E-state index in [1.807, 2.05) is 0 Å². The topological polar surface area (TPSA) is 15.3 Å². The zero-order chi connectivity index (χ0) is 12.6. The Bertz CT molecular complexity index is 162. The van der Waals surface area contributed by atoms with Crippen molar-refractivity contribution in [3.8, 4) is 0 Å².